The summed E-state index contributed by atoms with van der Waals surface area (Å²) >= 11 is 0. The van der Waals surface area contributed by atoms with E-state index in [4.69, 9.17) is 0 Å². The lowest BCUT2D eigenvalue weighted by Crippen LogP contribution is -2.42. The van der Waals surface area contributed by atoms with E-state index < -0.39 is 17.8 Å². The van der Waals surface area contributed by atoms with Gasteiger partial charge in [-0.15, -0.1) is 0 Å². The molecule has 2 aromatic rings. The van der Waals surface area contributed by atoms with Crippen molar-refractivity contribution in [1.29, 1.82) is 0 Å². The summed E-state index contributed by atoms with van der Waals surface area (Å²) in [7, 11) is 0. The second kappa shape index (κ2) is 6.18. The molecule has 0 radical (unpaired) electrons. The summed E-state index contributed by atoms with van der Waals surface area (Å²) in [4.78, 5) is 23.6. The number of fused-ring (bicyclic) bond motifs is 1. The van der Waals surface area contributed by atoms with Gasteiger partial charge >= 0.3 is 0 Å². The highest BCUT2D eigenvalue weighted by Gasteiger charge is 2.31. The third kappa shape index (κ3) is 2.96. The van der Waals surface area contributed by atoms with Crippen LogP contribution < -0.4 is 10.4 Å². The Morgan fingerprint density at radius 1 is 0.955 bits per heavy atom. The number of hydrogen-bond donors (Lipinski definition) is 1. The van der Waals surface area contributed by atoms with Crippen molar-refractivity contribution in [2.24, 2.45) is 11.8 Å². The van der Waals surface area contributed by atoms with Crippen LogP contribution in [0.4, 0.5) is 5.69 Å². The van der Waals surface area contributed by atoms with Gasteiger partial charge in [0, 0.05) is 23.5 Å². The molecule has 3 rings (SSSR count). The van der Waals surface area contributed by atoms with E-state index in [1.807, 2.05) is 42.5 Å². The largest absolute Gasteiger partial charge is 0.550 e. The topological polar surface area (TPSA) is 69.2 Å². The fraction of sp³-hybridized carbons (Fsp3) is 0.333. The molecular formula is C18H18NO3-. The smallest absolute Gasteiger partial charge is 0.228 e. The highest BCUT2D eigenvalue weighted by molar-refractivity contribution is 5.97. The molecule has 2 atom stereocenters. The van der Waals surface area contributed by atoms with Crippen LogP contribution in [0.2, 0.25) is 0 Å². The first-order valence-electron chi connectivity index (χ1n) is 7.65. The van der Waals surface area contributed by atoms with E-state index in [0.717, 1.165) is 23.6 Å². The van der Waals surface area contributed by atoms with Gasteiger partial charge in [-0.25, -0.2) is 0 Å². The first-order valence-corrected chi connectivity index (χ1v) is 7.65. The minimum atomic E-state index is -1.11. The molecule has 0 bridgehead atoms. The third-order valence-corrected chi connectivity index (χ3v) is 4.42. The average molecular weight is 296 g/mol. The minimum absolute atomic E-state index is 0.218. The van der Waals surface area contributed by atoms with Gasteiger partial charge in [0.05, 0.1) is 0 Å². The fourth-order valence-electron chi connectivity index (χ4n) is 3.23. The number of benzene rings is 2. The van der Waals surface area contributed by atoms with Crippen molar-refractivity contribution in [2.75, 3.05) is 5.32 Å². The number of carboxylic acids is 1. The monoisotopic (exact) mass is 296 g/mol. The normalized spacial score (nSPS) is 21.5. The third-order valence-electron chi connectivity index (χ3n) is 4.42. The van der Waals surface area contributed by atoms with Crippen LogP contribution in [-0.4, -0.2) is 11.9 Å². The van der Waals surface area contributed by atoms with Crippen LogP contribution in [0.1, 0.15) is 25.7 Å². The quantitative estimate of drug-likeness (QED) is 0.945. The Morgan fingerprint density at radius 2 is 1.64 bits per heavy atom. The van der Waals surface area contributed by atoms with E-state index in [2.05, 4.69) is 5.32 Å². The van der Waals surface area contributed by atoms with E-state index in [9.17, 15) is 14.7 Å². The molecule has 1 amide bonds. The van der Waals surface area contributed by atoms with Crippen LogP contribution in [0, 0.1) is 11.8 Å². The lowest BCUT2D eigenvalue weighted by atomic mass is 9.78. The van der Waals surface area contributed by atoms with Gasteiger partial charge in [0.15, 0.2) is 0 Å². The molecule has 1 aliphatic rings. The summed E-state index contributed by atoms with van der Waals surface area (Å²) in [5.41, 5.74) is 0.700. The van der Waals surface area contributed by atoms with Crippen LogP contribution in [0.5, 0.6) is 0 Å². The zero-order valence-corrected chi connectivity index (χ0v) is 12.2. The van der Waals surface area contributed by atoms with Crippen molar-refractivity contribution in [3.05, 3.63) is 42.5 Å². The number of carbonyl (C=O) groups excluding carboxylic acids is 2. The van der Waals surface area contributed by atoms with Gasteiger partial charge in [-0.1, -0.05) is 43.2 Å². The van der Waals surface area contributed by atoms with Crippen molar-refractivity contribution in [3.63, 3.8) is 0 Å². The highest BCUT2D eigenvalue weighted by atomic mass is 16.4. The number of anilines is 1. The Balaban J connectivity index is 1.78. The van der Waals surface area contributed by atoms with Crippen LogP contribution in [0.3, 0.4) is 0 Å². The van der Waals surface area contributed by atoms with E-state index in [1.54, 1.807) is 0 Å². The Morgan fingerprint density at radius 3 is 2.36 bits per heavy atom. The summed E-state index contributed by atoms with van der Waals surface area (Å²) in [6.07, 6.45) is 2.87. The Hall–Kier alpha value is -2.36. The van der Waals surface area contributed by atoms with Gasteiger partial charge in [-0.05, 0) is 35.7 Å². The summed E-state index contributed by atoms with van der Waals surface area (Å²) < 4.78 is 0. The number of aliphatic carboxylic acids is 1. The van der Waals surface area contributed by atoms with Gasteiger partial charge < -0.3 is 15.2 Å². The number of rotatable bonds is 3. The Bertz CT molecular complexity index is 710. The lowest BCUT2D eigenvalue weighted by Gasteiger charge is -2.31. The second-order valence-electron chi connectivity index (χ2n) is 5.87. The van der Waals surface area contributed by atoms with Gasteiger partial charge in [0.25, 0.3) is 0 Å². The molecule has 4 heteroatoms. The summed E-state index contributed by atoms with van der Waals surface area (Å²) in [6, 6.07) is 13.6. The molecule has 0 heterocycles. The second-order valence-corrected chi connectivity index (χ2v) is 5.87. The van der Waals surface area contributed by atoms with E-state index in [1.165, 1.54) is 0 Å². The van der Waals surface area contributed by atoms with Crippen molar-refractivity contribution in [2.45, 2.75) is 25.7 Å². The van der Waals surface area contributed by atoms with Crippen molar-refractivity contribution in [3.8, 4) is 0 Å². The molecule has 0 saturated heterocycles. The van der Waals surface area contributed by atoms with Crippen LogP contribution >= 0.6 is 0 Å². The maximum absolute atomic E-state index is 12.4. The number of carbonyl (C=O) groups is 2. The molecule has 1 saturated carbocycles. The number of carboxylic acid groups (broad SMARTS) is 1. The molecule has 0 unspecified atom stereocenters. The van der Waals surface area contributed by atoms with E-state index in [-0.39, 0.29) is 5.91 Å². The molecule has 1 aliphatic carbocycles. The predicted molar refractivity (Wildman–Crippen MR) is 83.0 cm³/mol. The van der Waals surface area contributed by atoms with Crippen molar-refractivity contribution < 1.29 is 14.7 Å². The molecule has 2 aromatic carbocycles. The maximum Gasteiger partial charge on any atom is 0.228 e. The maximum atomic E-state index is 12.4. The first-order chi connectivity index (χ1) is 10.6. The predicted octanol–water partition coefficient (Wildman–Crippen LogP) is 2.33. The molecular weight excluding hydrogens is 278 g/mol. The zero-order chi connectivity index (χ0) is 15.5. The Kier molecular flexibility index (Phi) is 4.09. The first kappa shape index (κ1) is 14.6. The van der Waals surface area contributed by atoms with E-state index >= 15 is 0 Å². The van der Waals surface area contributed by atoms with Crippen LogP contribution in [0.15, 0.2) is 42.5 Å². The lowest BCUT2D eigenvalue weighted by molar-refractivity contribution is -0.313. The van der Waals surface area contributed by atoms with Gasteiger partial charge in [0.2, 0.25) is 5.91 Å². The molecule has 1 fully saturated rings. The molecule has 1 N–H and O–H groups in total. The van der Waals surface area contributed by atoms with Crippen molar-refractivity contribution in [1.82, 2.24) is 0 Å². The molecule has 22 heavy (non-hydrogen) atoms. The van der Waals surface area contributed by atoms with Crippen molar-refractivity contribution >= 4 is 28.3 Å². The molecule has 0 spiro atoms. The number of amides is 1. The summed E-state index contributed by atoms with van der Waals surface area (Å²) in [5.74, 6) is -2.50. The number of nitrogens with one attached hydrogen (secondary N) is 1. The Labute approximate surface area is 129 Å². The summed E-state index contributed by atoms with van der Waals surface area (Å²) in [5, 5.41) is 16.2. The SMILES string of the molecule is O=C([O-])[C@H]1CCCC[C@H]1C(=O)Nc1ccc2ccccc2c1. The zero-order valence-electron chi connectivity index (χ0n) is 12.2. The molecule has 0 aliphatic heterocycles. The summed E-state index contributed by atoms with van der Waals surface area (Å²) in [6.45, 7) is 0. The van der Waals surface area contributed by atoms with Gasteiger partial charge in [0.1, 0.15) is 0 Å². The fourth-order valence-corrected chi connectivity index (χ4v) is 3.23. The van der Waals surface area contributed by atoms with Gasteiger partial charge in [-0.2, -0.15) is 0 Å². The van der Waals surface area contributed by atoms with E-state index in [0.29, 0.717) is 18.5 Å². The standard InChI is InChI=1S/C18H19NO3/c20-17(15-7-3-4-8-16(15)18(21)22)19-14-10-9-12-5-1-2-6-13(12)11-14/h1-2,5-6,9-11,15-16H,3-4,7-8H2,(H,19,20)(H,21,22)/p-1/t15-,16+/m1/s1. The molecule has 114 valence electrons. The van der Waals surface area contributed by atoms with Gasteiger partial charge in [-0.3, -0.25) is 4.79 Å². The van der Waals surface area contributed by atoms with Crippen LogP contribution in [-0.2, 0) is 9.59 Å². The molecule has 4 nitrogen and oxygen atoms in total. The molecule has 0 aromatic heterocycles. The average Bonchev–Trinajstić information content (AvgIpc) is 2.54. The number of hydrogen-bond acceptors (Lipinski definition) is 3. The highest BCUT2D eigenvalue weighted by Crippen LogP contribution is 2.31. The minimum Gasteiger partial charge on any atom is -0.550 e. The van der Waals surface area contributed by atoms with Crippen LogP contribution in [0.25, 0.3) is 10.8 Å².